The van der Waals surface area contributed by atoms with Gasteiger partial charge in [0.15, 0.2) is 0 Å². The van der Waals surface area contributed by atoms with Crippen molar-refractivity contribution in [3.63, 3.8) is 0 Å². The number of fused-ring (bicyclic) bond motifs is 1. The molecule has 1 aromatic heterocycles. The van der Waals surface area contributed by atoms with Gasteiger partial charge in [-0.1, -0.05) is 17.7 Å². The fourth-order valence-corrected chi connectivity index (χ4v) is 4.02. The lowest BCUT2D eigenvalue weighted by Crippen LogP contribution is -2.35. The van der Waals surface area contributed by atoms with Crippen LogP contribution in [-0.2, 0) is 9.59 Å². The standard InChI is InChI=1S/C21H26N6O2/c1-12-6-7-15(13(2)10-12)23-20(29)14-11-16(28)24-19-17(14)18(22)25-21(26-19)27-8-4-3-5-9-27/h6-7,10,14H,3-5,8-9,11H2,1-2H3,(H,23,29)(H3,22,24,25,26,28). The molecule has 4 rings (SSSR count). The van der Waals surface area contributed by atoms with Crippen LogP contribution in [0, 0.1) is 13.8 Å². The number of aromatic nitrogens is 2. The summed E-state index contributed by atoms with van der Waals surface area (Å²) < 4.78 is 0. The lowest BCUT2D eigenvalue weighted by molar-refractivity contribution is -0.123. The lowest BCUT2D eigenvalue weighted by atomic mass is 9.91. The molecule has 2 aliphatic rings. The summed E-state index contributed by atoms with van der Waals surface area (Å²) in [5.74, 6) is -0.159. The van der Waals surface area contributed by atoms with Gasteiger partial charge in [-0.25, -0.2) is 0 Å². The highest BCUT2D eigenvalue weighted by Gasteiger charge is 2.35. The smallest absolute Gasteiger partial charge is 0.232 e. The van der Waals surface area contributed by atoms with E-state index < -0.39 is 5.92 Å². The van der Waals surface area contributed by atoms with Gasteiger partial charge >= 0.3 is 0 Å². The minimum Gasteiger partial charge on any atom is -0.383 e. The van der Waals surface area contributed by atoms with E-state index in [0.29, 0.717) is 17.3 Å². The van der Waals surface area contributed by atoms with Crippen LogP contribution in [0.25, 0.3) is 0 Å². The first-order chi connectivity index (χ1) is 13.9. The summed E-state index contributed by atoms with van der Waals surface area (Å²) in [6, 6.07) is 5.80. The Balaban J connectivity index is 1.64. The fourth-order valence-electron chi connectivity index (χ4n) is 4.02. The van der Waals surface area contributed by atoms with E-state index in [4.69, 9.17) is 5.73 Å². The Morgan fingerprint density at radius 2 is 1.97 bits per heavy atom. The monoisotopic (exact) mass is 394 g/mol. The molecule has 0 spiro atoms. The van der Waals surface area contributed by atoms with E-state index in [1.807, 2.05) is 32.0 Å². The van der Waals surface area contributed by atoms with Gasteiger partial charge in [0.05, 0.1) is 11.5 Å². The Morgan fingerprint density at radius 3 is 2.69 bits per heavy atom. The van der Waals surface area contributed by atoms with Gasteiger partial charge in [0, 0.05) is 25.2 Å². The second-order valence-electron chi connectivity index (χ2n) is 7.83. The first-order valence-corrected chi connectivity index (χ1v) is 10.0. The Labute approximate surface area is 169 Å². The minimum atomic E-state index is -0.727. The summed E-state index contributed by atoms with van der Waals surface area (Å²) in [4.78, 5) is 36.4. The third kappa shape index (κ3) is 3.87. The number of benzene rings is 1. The fraction of sp³-hybridized carbons (Fsp3) is 0.429. The highest BCUT2D eigenvalue weighted by molar-refractivity contribution is 6.05. The van der Waals surface area contributed by atoms with E-state index >= 15 is 0 Å². The number of rotatable bonds is 3. The zero-order valence-corrected chi connectivity index (χ0v) is 16.8. The summed E-state index contributed by atoms with van der Waals surface area (Å²) in [5.41, 5.74) is 9.55. The number of nitrogens with zero attached hydrogens (tertiary/aromatic N) is 3. The van der Waals surface area contributed by atoms with Crippen molar-refractivity contribution in [2.45, 2.75) is 45.4 Å². The molecule has 2 aromatic rings. The number of nitrogen functional groups attached to an aromatic ring is 1. The minimum absolute atomic E-state index is 0.0142. The highest BCUT2D eigenvalue weighted by Crippen LogP contribution is 2.37. The number of nitrogens with two attached hydrogens (primary N) is 1. The second kappa shape index (κ2) is 7.69. The Bertz CT molecular complexity index is 968. The zero-order valence-electron chi connectivity index (χ0n) is 16.8. The quantitative estimate of drug-likeness (QED) is 0.738. The van der Waals surface area contributed by atoms with Crippen molar-refractivity contribution in [2.24, 2.45) is 0 Å². The topological polar surface area (TPSA) is 113 Å². The number of anilines is 4. The lowest BCUT2D eigenvalue weighted by Gasteiger charge is -2.30. The van der Waals surface area contributed by atoms with E-state index in [1.54, 1.807) is 0 Å². The van der Waals surface area contributed by atoms with Crippen LogP contribution in [0.5, 0.6) is 0 Å². The van der Waals surface area contributed by atoms with Crippen molar-refractivity contribution < 1.29 is 9.59 Å². The number of piperidine rings is 1. The maximum Gasteiger partial charge on any atom is 0.232 e. The Kier molecular flexibility index (Phi) is 5.08. The van der Waals surface area contributed by atoms with Gasteiger partial charge in [0.2, 0.25) is 17.8 Å². The maximum atomic E-state index is 13.0. The molecule has 152 valence electrons. The average Bonchev–Trinajstić information content (AvgIpc) is 2.69. The molecule has 1 unspecified atom stereocenters. The first kappa shape index (κ1) is 19.2. The molecule has 0 aliphatic carbocycles. The normalized spacial score (nSPS) is 18.8. The van der Waals surface area contributed by atoms with Crippen molar-refractivity contribution in [2.75, 3.05) is 34.4 Å². The SMILES string of the molecule is Cc1ccc(NC(=O)C2CC(=O)Nc3nc(N4CCCCC4)nc(N)c32)c(C)c1. The molecule has 0 bridgehead atoms. The van der Waals surface area contributed by atoms with Crippen LogP contribution in [0.15, 0.2) is 18.2 Å². The van der Waals surface area contributed by atoms with Crippen LogP contribution in [0.4, 0.5) is 23.3 Å². The average molecular weight is 394 g/mol. The van der Waals surface area contributed by atoms with Crippen LogP contribution in [0.2, 0.25) is 0 Å². The van der Waals surface area contributed by atoms with E-state index in [-0.39, 0.29) is 24.1 Å². The molecule has 29 heavy (non-hydrogen) atoms. The van der Waals surface area contributed by atoms with Crippen LogP contribution in [0.1, 0.15) is 48.3 Å². The van der Waals surface area contributed by atoms with Crippen molar-refractivity contribution in [1.29, 1.82) is 0 Å². The third-order valence-electron chi connectivity index (χ3n) is 5.55. The predicted molar refractivity (Wildman–Crippen MR) is 113 cm³/mol. The summed E-state index contributed by atoms with van der Waals surface area (Å²) in [6.45, 7) is 5.66. The number of hydrogen-bond acceptors (Lipinski definition) is 6. The molecule has 1 atom stereocenters. The van der Waals surface area contributed by atoms with Crippen molar-refractivity contribution in [1.82, 2.24) is 9.97 Å². The van der Waals surface area contributed by atoms with Crippen molar-refractivity contribution in [3.8, 4) is 0 Å². The predicted octanol–water partition coefficient (Wildman–Crippen LogP) is 2.73. The summed E-state index contributed by atoms with van der Waals surface area (Å²) in [6.07, 6.45) is 3.36. The molecular weight excluding hydrogens is 368 g/mol. The Morgan fingerprint density at radius 1 is 1.21 bits per heavy atom. The number of amides is 2. The summed E-state index contributed by atoms with van der Waals surface area (Å²) >= 11 is 0. The molecule has 0 saturated carbocycles. The van der Waals surface area contributed by atoms with E-state index in [1.165, 1.54) is 6.42 Å². The van der Waals surface area contributed by atoms with Gasteiger partial charge in [-0.3, -0.25) is 9.59 Å². The van der Waals surface area contributed by atoms with Crippen LogP contribution >= 0.6 is 0 Å². The van der Waals surface area contributed by atoms with Crippen LogP contribution in [-0.4, -0.2) is 34.9 Å². The molecule has 0 radical (unpaired) electrons. The van der Waals surface area contributed by atoms with E-state index in [9.17, 15) is 9.59 Å². The molecule has 2 amide bonds. The summed E-state index contributed by atoms with van der Waals surface area (Å²) in [5, 5.41) is 5.70. The molecule has 1 fully saturated rings. The van der Waals surface area contributed by atoms with Gasteiger partial charge in [0.1, 0.15) is 11.6 Å². The molecule has 8 nitrogen and oxygen atoms in total. The number of nitrogens with one attached hydrogen (secondary N) is 2. The summed E-state index contributed by atoms with van der Waals surface area (Å²) in [7, 11) is 0. The molecule has 1 aromatic carbocycles. The molecule has 1 saturated heterocycles. The van der Waals surface area contributed by atoms with E-state index in [0.717, 1.165) is 42.7 Å². The molecule has 4 N–H and O–H groups in total. The molecule has 8 heteroatoms. The Hall–Kier alpha value is -3.16. The van der Waals surface area contributed by atoms with Crippen LogP contribution in [0.3, 0.4) is 0 Å². The molecule has 3 heterocycles. The number of carbonyl (C=O) groups is 2. The van der Waals surface area contributed by atoms with Gasteiger partial charge in [-0.15, -0.1) is 0 Å². The first-order valence-electron chi connectivity index (χ1n) is 10.0. The van der Waals surface area contributed by atoms with Gasteiger partial charge in [-0.05, 0) is 44.7 Å². The highest BCUT2D eigenvalue weighted by atomic mass is 16.2. The third-order valence-corrected chi connectivity index (χ3v) is 5.55. The zero-order chi connectivity index (χ0) is 20.5. The second-order valence-corrected chi connectivity index (χ2v) is 7.83. The molecular formula is C21H26N6O2. The van der Waals surface area contributed by atoms with Crippen molar-refractivity contribution in [3.05, 3.63) is 34.9 Å². The maximum absolute atomic E-state index is 13.0. The van der Waals surface area contributed by atoms with Gasteiger partial charge in [0.25, 0.3) is 0 Å². The van der Waals surface area contributed by atoms with Gasteiger partial charge < -0.3 is 21.3 Å². The molecule has 2 aliphatic heterocycles. The number of carbonyl (C=O) groups excluding carboxylic acids is 2. The van der Waals surface area contributed by atoms with E-state index in [2.05, 4.69) is 25.5 Å². The number of aryl methyl sites for hydroxylation is 2. The largest absolute Gasteiger partial charge is 0.383 e. The van der Waals surface area contributed by atoms with Crippen LogP contribution < -0.4 is 21.3 Å². The van der Waals surface area contributed by atoms with Crippen molar-refractivity contribution >= 4 is 35.1 Å². The van der Waals surface area contributed by atoms with Gasteiger partial charge in [-0.2, -0.15) is 9.97 Å². The number of hydrogen-bond donors (Lipinski definition) is 3.